The SMILES string of the molecule is Cc1c(-c2cccc(NC(=O)C3CCCN(S(=O)(=O)Cc4ccccc4)C3)c2)sc(C(=O)O)c1OCC(=O)O. The third-order valence-electron chi connectivity index (χ3n) is 6.36. The molecule has 0 radical (unpaired) electrons. The Labute approximate surface area is 229 Å². The number of nitrogens with one attached hydrogen (secondary N) is 1. The van der Waals surface area contributed by atoms with Crippen molar-refractivity contribution in [3.05, 3.63) is 70.6 Å². The van der Waals surface area contributed by atoms with Crippen molar-refractivity contribution in [3.8, 4) is 16.2 Å². The molecular weight excluding hydrogens is 544 g/mol. The van der Waals surface area contributed by atoms with Crippen molar-refractivity contribution in [2.45, 2.75) is 25.5 Å². The highest BCUT2D eigenvalue weighted by atomic mass is 32.2. The molecule has 1 amide bonds. The molecule has 2 aromatic carbocycles. The number of hydrogen-bond acceptors (Lipinski definition) is 7. The standard InChI is InChI=1S/C27H28N2O8S2/c1-17-23(37-15-22(30)31)25(27(33)34)38-24(17)19-9-5-11-21(13-19)28-26(32)20-10-6-12-29(14-20)39(35,36)16-18-7-3-2-4-8-18/h2-5,7-9,11,13,20H,6,10,12,14-16H2,1H3,(H,28,32)(H,30,31)(H,33,34). The molecule has 2 heterocycles. The lowest BCUT2D eigenvalue weighted by atomic mass is 9.98. The van der Waals surface area contributed by atoms with Crippen LogP contribution in [0.5, 0.6) is 5.75 Å². The third kappa shape index (κ3) is 6.83. The summed E-state index contributed by atoms with van der Waals surface area (Å²) >= 11 is 0.955. The normalized spacial score (nSPS) is 16.0. The maximum Gasteiger partial charge on any atom is 0.349 e. The largest absolute Gasteiger partial charge is 0.480 e. The number of aromatic carboxylic acids is 1. The maximum absolute atomic E-state index is 13.1. The van der Waals surface area contributed by atoms with E-state index in [1.54, 1.807) is 55.5 Å². The number of carbonyl (C=O) groups excluding carboxylic acids is 1. The molecule has 1 aromatic heterocycles. The molecular formula is C27H28N2O8S2. The van der Waals surface area contributed by atoms with Gasteiger partial charge >= 0.3 is 11.9 Å². The fourth-order valence-corrected chi connectivity index (χ4v) is 7.19. The Morgan fingerprint density at radius 3 is 2.54 bits per heavy atom. The molecule has 0 bridgehead atoms. The van der Waals surface area contributed by atoms with Crippen LogP contribution in [0.4, 0.5) is 5.69 Å². The first-order valence-electron chi connectivity index (χ1n) is 12.2. The van der Waals surface area contributed by atoms with E-state index in [9.17, 15) is 27.9 Å². The molecule has 12 heteroatoms. The first-order valence-corrected chi connectivity index (χ1v) is 14.6. The van der Waals surface area contributed by atoms with Crippen molar-refractivity contribution in [2.75, 3.05) is 25.0 Å². The van der Waals surface area contributed by atoms with Gasteiger partial charge in [0.1, 0.15) is 5.75 Å². The molecule has 1 unspecified atom stereocenters. The molecule has 0 aliphatic carbocycles. The van der Waals surface area contributed by atoms with Gasteiger partial charge in [-0.15, -0.1) is 11.3 Å². The minimum atomic E-state index is -3.58. The van der Waals surface area contributed by atoms with Gasteiger partial charge in [0, 0.05) is 29.2 Å². The van der Waals surface area contributed by atoms with Crippen molar-refractivity contribution in [1.29, 1.82) is 0 Å². The van der Waals surface area contributed by atoms with E-state index in [4.69, 9.17) is 9.84 Å². The number of thiophene rings is 1. The fraction of sp³-hybridized carbons (Fsp3) is 0.296. The van der Waals surface area contributed by atoms with E-state index in [1.807, 2.05) is 6.07 Å². The first-order chi connectivity index (χ1) is 18.5. The zero-order chi connectivity index (χ0) is 28.2. The molecule has 3 N–H and O–H groups in total. The minimum absolute atomic E-state index is 0.00153. The second kappa shape index (κ2) is 12.0. The molecule has 1 aliphatic heterocycles. The number of hydrogen-bond donors (Lipinski definition) is 3. The second-order valence-electron chi connectivity index (χ2n) is 9.21. The zero-order valence-corrected chi connectivity index (χ0v) is 22.8. The van der Waals surface area contributed by atoms with Crippen LogP contribution >= 0.6 is 11.3 Å². The summed E-state index contributed by atoms with van der Waals surface area (Å²) in [6.45, 7) is 1.43. The first kappa shape index (κ1) is 28.3. The molecule has 3 aromatic rings. The van der Waals surface area contributed by atoms with E-state index in [2.05, 4.69) is 5.32 Å². The van der Waals surface area contributed by atoms with E-state index in [1.165, 1.54) is 4.31 Å². The summed E-state index contributed by atoms with van der Waals surface area (Å²) in [5.41, 5.74) is 2.26. The number of carboxylic acid groups (broad SMARTS) is 2. The van der Waals surface area contributed by atoms with Crippen LogP contribution in [-0.4, -0.2) is 60.5 Å². The molecule has 4 rings (SSSR count). The van der Waals surface area contributed by atoms with Crippen LogP contribution in [-0.2, 0) is 25.4 Å². The van der Waals surface area contributed by atoms with Crippen molar-refractivity contribution < 1.29 is 37.8 Å². The number of benzene rings is 2. The smallest absolute Gasteiger partial charge is 0.349 e. The quantitative estimate of drug-likeness (QED) is 0.329. The number of carboxylic acids is 2. The maximum atomic E-state index is 13.1. The van der Waals surface area contributed by atoms with Crippen LogP contribution in [0.3, 0.4) is 0 Å². The summed E-state index contributed by atoms with van der Waals surface area (Å²) in [6, 6.07) is 15.8. The Bertz CT molecular complexity index is 1480. The molecule has 0 saturated carbocycles. The number of carbonyl (C=O) groups is 3. The Hall–Kier alpha value is -3.74. The number of piperidine rings is 1. The van der Waals surface area contributed by atoms with Gasteiger partial charge in [-0.1, -0.05) is 42.5 Å². The average molecular weight is 573 g/mol. The van der Waals surface area contributed by atoms with Gasteiger partial charge in [-0.05, 0) is 43.0 Å². The highest BCUT2D eigenvalue weighted by Crippen LogP contribution is 2.42. The lowest BCUT2D eigenvalue weighted by molar-refractivity contribution is -0.139. The predicted molar refractivity (Wildman–Crippen MR) is 147 cm³/mol. The number of ether oxygens (including phenoxy) is 1. The Morgan fingerprint density at radius 1 is 1.10 bits per heavy atom. The highest BCUT2D eigenvalue weighted by molar-refractivity contribution is 7.88. The van der Waals surface area contributed by atoms with Crippen molar-refractivity contribution >= 4 is 44.9 Å². The molecule has 1 aliphatic rings. The highest BCUT2D eigenvalue weighted by Gasteiger charge is 2.32. The van der Waals surface area contributed by atoms with E-state index in [0.29, 0.717) is 46.6 Å². The molecule has 1 saturated heterocycles. The molecule has 1 atom stereocenters. The summed E-state index contributed by atoms with van der Waals surface area (Å²) in [6.07, 6.45) is 1.12. The number of anilines is 1. The number of amides is 1. The fourth-order valence-electron chi connectivity index (χ4n) is 4.49. The monoisotopic (exact) mass is 572 g/mol. The lowest BCUT2D eigenvalue weighted by Gasteiger charge is -2.31. The van der Waals surface area contributed by atoms with Crippen LogP contribution in [0.2, 0.25) is 0 Å². The molecule has 0 spiro atoms. The second-order valence-corrected chi connectivity index (χ2v) is 12.2. The minimum Gasteiger partial charge on any atom is -0.480 e. The van der Waals surface area contributed by atoms with Crippen molar-refractivity contribution in [2.24, 2.45) is 5.92 Å². The summed E-state index contributed by atoms with van der Waals surface area (Å²) in [5.74, 6) is -3.41. The van der Waals surface area contributed by atoms with Gasteiger partial charge in [-0.3, -0.25) is 4.79 Å². The van der Waals surface area contributed by atoms with Gasteiger partial charge in [0.15, 0.2) is 11.5 Å². The van der Waals surface area contributed by atoms with Gasteiger partial charge in [0.05, 0.1) is 11.7 Å². The molecule has 206 valence electrons. The number of sulfonamides is 1. The summed E-state index contributed by atoms with van der Waals surface area (Å²) in [5, 5.41) is 21.4. The number of nitrogens with zero attached hydrogens (tertiary/aromatic N) is 1. The summed E-state index contributed by atoms with van der Waals surface area (Å²) < 4.78 is 32.6. The number of rotatable bonds is 10. The van der Waals surface area contributed by atoms with Gasteiger partial charge in [0.2, 0.25) is 15.9 Å². The van der Waals surface area contributed by atoms with Crippen LogP contribution < -0.4 is 10.1 Å². The van der Waals surface area contributed by atoms with Crippen molar-refractivity contribution in [1.82, 2.24) is 4.31 Å². The van der Waals surface area contributed by atoms with E-state index < -0.39 is 34.5 Å². The predicted octanol–water partition coefficient (Wildman–Crippen LogP) is 4.07. The van der Waals surface area contributed by atoms with E-state index in [-0.39, 0.29) is 28.8 Å². The molecule has 10 nitrogen and oxygen atoms in total. The van der Waals surface area contributed by atoms with Crippen LogP contribution in [0, 0.1) is 12.8 Å². The van der Waals surface area contributed by atoms with Crippen LogP contribution in [0.15, 0.2) is 54.6 Å². The van der Waals surface area contributed by atoms with Crippen molar-refractivity contribution in [3.63, 3.8) is 0 Å². The average Bonchev–Trinajstić information content (AvgIpc) is 3.24. The third-order valence-corrected chi connectivity index (χ3v) is 9.48. The summed E-state index contributed by atoms with van der Waals surface area (Å²) in [7, 11) is -3.58. The lowest BCUT2D eigenvalue weighted by Crippen LogP contribution is -2.44. The van der Waals surface area contributed by atoms with Crippen LogP contribution in [0.1, 0.15) is 33.6 Å². The molecule has 1 fully saturated rings. The Kier molecular flexibility index (Phi) is 8.68. The topological polar surface area (TPSA) is 150 Å². The van der Waals surface area contributed by atoms with Gasteiger partial charge < -0.3 is 20.3 Å². The van der Waals surface area contributed by atoms with E-state index >= 15 is 0 Å². The van der Waals surface area contributed by atoms with Gasteiger partial charge in [-0.2, -0.15) is 0 Å². The Morgan fingerprint density at radius 2 is 1.85 bits per heavy atom. The van der Waals surface area contributed by atoms with E-state index in [0.717, 1.165) is 11.3 Å². The summed E-state index contributed by atoms with van der Waals surface area (Å²) in [4.78, 5) is 36.2. The van der Waals surface area contributed by atoms with Gasteiger partial charge in [-0.25, -0.2) is 22.3 Å². The molecule has 39 heavy (non-hydrogen) atoms. The Balaban J connectivity index is 1.48. The zero-order valence-electron chi connectivity index (χ0n) is 21.1. The van der Waals surface area contributed by atoms with Gasteiger partial charge in [0.25, 0.3) is 0 Å². The number of aliphatic carboxylic acids is 1. The van der Waals surface area contributed by atoms with Crippen LogP contribution in [0.25, 0.3) is 10.4 Å².